The zero-order valence-electron chi connectivity index (χ0n) is 3.15. The Morgan fingerprint density at radius 2 is 1.86 bits per heavy atom. The molecule has 0 saturated carbocycles. The SMILES string of the molecule is O=[C-]CO.[Cl][Ir+][Cl]. The van der Waals surface area contributed by atoms with Crippen LogP contribution in [0.5, 0.6) is 0 Å². The molecule has 0 unspecified atom stereocenters. The van der Waals surface area contributed by atoms with Gasteiger partial charge in [0.1, 0.15) is 0 Å². The van der Waals surface area contributed by atoms with E-state index in [-0.39, 0.29) is 0 Å². The normalized spacial score (nSPS) is 6.71. The van der Waals surface area contributed by atoms with Crippen molar-refractivity contribution >= 4 is 25.5 Å². The summed E-state index contributed by atoms with van der Waals surface area (Å²) in [7, 11) is 9.78. The number of rotatable bonds is 1. The molecule has 0 aliphatic carbocycles. The second kappa shape index (κ2) is 15.8. The predicted molar refractivity (Wildman–Crippen MR) is 24.5 cm³/mol. The molecule has 0 aliphatic rings. The van der Waals surface area contributed by atoms with Gasteiger partial charge in [0, 0.05) is 0 Å². The van der Waals surface area contributed by atoms with Gasteiger partial charge in [-0.05, 0) is 0 Å². The molecule has 2 nitrogen and oxygen atoms in total. The fraction of sp³-hybridized carbons (Fsp3) is 0.500. The number of hydrogen-bond donors (Lipinski definition) is 1. The Hall–Kier alpha value is 0.859. The molecule has 0 saturated heterocycles. The number of hydrogen-bond acceptors (Lipinski definition) is 2. The first-order valence-electron chi connectivity index (χ1n) is 1.13. The van der Waals surface area contributed by atoms with Crippen LogP contribution in [-0.2, 0) is 20.5 Å². The molecule has 5 heteroatoms. The summed E-state index contributed by atoms with van der Waals surface area (Å²) in [6.07, 6.45) is 1.24. The van der Waals surface area contributed by atoms with E-state index < -0.39 is 22.3 Å². The van der Waals surface area contributed by atoms with Crippen molar-refractivity contribution in [2.45, 2.75) is 0 Å². The summed E-state index contributed by atoms with van der Waals surface area (Å²) in [6, 6.07) is 0. The van der Waals surface area contributed by atoms with Crippen LogP contribution in [0.3, 0.4) is 0 Å². The van der Waals surface area contributed by atoms with Gasteiger partial charge in [-0.15, -0.1) is 0 Å². The summed E-state index contributed by atoms with van der Waals surface area (Å²) >= 11 is -0.556. The average Bonchev–Trinajstić information content (AvgIpc) is 1.69. The molecule has 0 heterocycles. The van der Waals surface area contributed by atoms with E-state index >= 15 is 0 Å². The molecule has 0 fully saturated rings. The molecule has 0 bridgehead atoms. The Kier molecular flexibility index (Phi) is 24.3. The summed E-state index contributed by atoms with van der Waals surface area (Å²) in [4.78, 5) is 8.80. The van der Waals surface area contributed by atoms with Crippen molar-refractivity contribution in [2.75, 3.05) is 6.61 Å². The third-order valence-electron chi connectivity index (χ3n) is 0.0645. The molecule has 0 aliphatic heterocycles. The van der Waals surface area contributed by atoms with Crippen LogP contribution in [0.25, 0.3) is 0 Å². The van der Waals surface area contributed by atoms with Crippen LogP contribution < -0.4 is 0 Å². The molecule has 1 N–H and O–H groups in total. The molecule has 0 spiro atoms. The number of aliphatic hydroxyl groups is 1. The molecule has 0 aromatic rings. The van der Waals surface area contributed by atoms with Gasteiger partial charge in [0.15, 0.2) is 0 Å². The van der Waals surface area contributed by atoms with E-state index in [1.807, 2.05) is 0 Å². The van der Waals surface area contributed by atoms with E-state index in [0.717, 1.165) is 0 Å². The minimum atomic E-state index is -0.556. The molecular formula is C2H3Cl2IrO2. The monoisotopic (exact) mass is 322 g/mol. The molecule has 0 atom stereocenters. The molecule has 0 aromatic heterocycles. The molecule has 0 aromatic carbocycles. The summed E-state index contributed by atoms with van der Waals surface area (Å²) in [6.45, 7) is -0.486. The average molecular weight is 322 g/mol. The Morgan fingerprint density at radius 1 is 1.71 bits per heavy atom. The van der Waals surface area contributed by atoms with Crippen molar-refractivity contribution in [3.05, 3.63) is 0 Å². The quantitative estimate of drug-likeness (QED) is 0.713. The van der Waals surface area contributed by atoms with Gasteiger partial charge in [-0.25, -0.2) is 6.29 Å². The zero-order valence-corrected chi connectivity index (χ0v) is 7.06. The second-order valence-corrected chi connectivity index (χ2v) is 3.81. The minimum absolute atomic E-state index is 0.486. The van der Waals surface area contributed by atoms with E-state index in [4.69, 9.17) is 29.1 Å². The van der Waals surface area contributed by atoms with Gasteiger partial charge in [0.05, 0.1) is 0 Å². The Labute approximate surface area is 57.8 Å². The van der Waals surface area contributed by atoms with Gasteiger partial charge in [-0.1, -0.05) is 6.61 Å². The summed E-state index contributed by atoms with van der Waals surface area (Å²) in [5.41, 5.74) is 0. The van der Waals surface area contributed by atoms with Crippen molar-refractivity contribution < 1.29 is 25.6 Å². The molecule has 0 amide bonds. The predicted octanol–water partition coefficient (Wildman–Crippen LogP) is 0.465. The van der Waals surface area contributed by atoms with Crippen molar-refractivity contribution in [2.24, 2.45) is 0 Å². The Balaban J connectivity index is 0. The van der Waals surface area contributed by atoms with Crippen LogP contribution in [0.4, 0.5) is 0 Å². The van der Waals surface area contributed by atoms with Crippen LogP contribution in [0.2, 0.25) is 0 Å². The van der Waals surface area contributed by atoms with E-state index in [1.165, 1.54) is 6.29 Å². The standard InChI is InChI=1S/C2H3O2.2ClH.Ir/c3-1-2-4;;;/h3H,1H2;2*1H;/q-1;;;+3/p-2. The zero-order chi connectivity index (χ0) is 6.12. The topological polar surface area (TPSA) is 37.3 Å². The van der Waals surface area contributed by atoms with Gasteiger partial charge in [0.2, 0.25) is 0 Å². The van der Waals surface area contributed by atoms with Gasteiger partial charge in [-0.3, -0.25) is 0 Å². The van der Waals surface area contributed by atoms with E-state index in [2.05, 4.69) is 0 Å². The summed E-state index contributed by atoms with van der Waals surface area (Å²) in [5.74, 6) is 0. The van der Waals surface area contributed by atoms with Crippen molar-refractivity contribution in [1.29, 1.82) is 0 Å². The van der Waals surface area contributed by atoms with E-state index in [0.29, 0.717) is 0 Å². The van der Waals surface area contributed by atoms with Gasteiger partial charge in [-0.2, -0.15) is 0 Å². The molecule has 0 rings (SSSR count). The first kappa shape index (κ1) is 10.8. The van der Waals surface area contributed by atoms with Crippen LogP contribution in [-0.4, -0.2) is 18.0 Å². The van der Waals surface area contributed by atoms with Gasteiger partial charge < -0.3 is 9.90 Å². The Bertz CT molecular complexity index is 34.9. The third-order valence-corrected chi connectivity index (χ3v) is 0.0645. The molecule has 7 heavy (non-hydrogen) atoms. The third kappa shape index (κ3) is 46.9. The number of halogens is 2. The molecule has 0 radical (unpaired) electrons. The number of carbonyl (C=O) groups excluding carboxylic acids is 1. The van der Waals surface area contributed by atoms with Crippen molar-refractivity contribution in [1.82, 2.24) is 0 Å². The first-order valence-corrected chi connectivity index (χ1v) is 7.06. The maximum atomic E-state index is 8.80. The van der Waals surface area contributed by atoms with Crippen LogP contribution >= 0.6 is 19.2 Å². The fourth-order valence-corrected chi connectivity index (χ4v) is 0. The fourth-order valence-electron chi connectivity index (χ4n) is 0. The first-order chi connectivity index (χ1) is 3.33. The maximum absolute atomic E-state index is 8.80. The molecule has 46 valence electrons. The van der Waals surface area contributed by atoms with Crippen molar-refractivity contribution in [3.63, 3.8) is 0 Å². The summed E-state index contributed by atoms with van der Waals surface area (Å²) in [5, 5.41) is 7.45. The Morgan fingerprint density at radius 3 is 1.86 bits per heavy atom. The van der Waals surface area contributed by atoms with Crippen molar-refractivity contribution in [3.8, 4) is 0 Å². The van der Waals surface area contributed by atoms with Crippen LogP contribution in [0, 0.1) is 0 Å². The van der Waals surface area contributed by atoms with E-state index in [1.54, 1.807) is 0 Å². The van der Waals surface area contributed by atoms with Gasteiger partial charge >= 0.3 is 34.8 Å². The second-order valence-electron chi connectivity index (χ2n) is 0.350. The van der Waals surface area contributed by atoms with E-state index in [9.17, 15) is 0 Å². The van der Waals surface area contributed by atoms with Crippen LogP contribution in [0.15, 0.2) is 0 Å². The number of aliphatic hydroxyl groups excluding tert-OH is 1. The molecular weight excluding hydrogens is 319 g/mol. The summed E-state index contributed by atoms with van der Waals surface area (Å²) < 4.78 is 0. The van der Waals surface area contributed by atoms with Crippen LogP contribution in [0.1, 0.15) is 0 Å². The van der Waals surface area contributed by atoms with Gasteiger partial charge in [0.25, 0.3) is 0 Å².